The number of benzene rings is 3. The summed E-state index contributed by atoms with van der Waals surface area (Å²) in [6.07, 6.45) is 4.71. The lowest BCUT2D eigenvalue weighted by atomic mass is 9.81. The first-order valence-electron chi connectivity index (χ1n) is 26.1. The largest absolute Gasteiger partial charge is 0.449 e. The van der Waals surface area contributed by atoms with Gasteiger partial charge in [0, 0.05) is 25.0 Å². The molecule has 0 spiro atoms. The summed E-state index contributed by atoms with van der Waals surface area (Å²) in [5, 5.41) is 35.5. The quantitative estimate of drug-likeness (QED) is 0.0631. The molecule has 0 aliphatic heterocycles. The minimum Gasteiger partial charge on any atom is -0.449 e. The molecular formula is C57H84N6O11. The Labute approximate surface area is 438 Å². The van der Waals surface area contributed by atoms with Crippen molar-refractivity contribution in [2.45, 2.75) is 211 Å². The first kappa shape index (κ1) is 60.5. The zero-order valence-electron chi connectivity index (χ0n) is 45.3. The van der Waals surface area contributed by atoms with E-state index in [2.05, 4.69) is 26.6 Å². The summed E-state index contributed by atoms with van der Waals surface area (Å²) in [7, 11) is 0. The van der Waals surface area contributed by atoms with Crippen molar-refractivity contribution in [3.63, 3.8) is 0 Å². The number of amides is 5. The molecular weight excluding hydrogens is 945 g/mol. The third kappa shape index (κ3) is 19.7. The molecule has 17 heteroatoms. The van der Waals surface area contributed by atoms with Crippen LogP contribution in [0.25, 0.3) is 0 Å². The van der Waals surface area contributed by atoms with Crippen molar-refractivity contribution in [1.82, 2.24) is 26.6 Å². The van der Waals surface area contributed by atoms with Gasteiger partial charge in [0.25, 0.3) is 17.7 Å². The number of nitrogens with one attached hydrogen (secondary N) is 5. The number of esters is 1. The van der Waals surface area contributed by atoms with E-state index < -0.39 is 46.2 Å². The Kier molecular flexibility index (Phi) is 22.0. The molecule has 9 N–H and O–H groups in total. The number of aliphatic hydroxyl groups is 2. The van der Waals surface area contributed by atoms with Gasteiger partial charge in [-0.25, -0.2) is 9.59 Å². The molecule has 3 aromatic rings. The Balaban J connectivity index is 0.000000245. The van der Waals surface area contributed by atoms with Gasteiger partial charge in [-0.1, -0.05) is 91.0 Å². The maximum atomic E-state index is 13.1. The second kappa shape index (κ2) is 27.0. The van der Waals surface area contributed by atoms with E-state index in [9.17, 15) is 39.0 Å². The highest BCUT2D eigenvalue weighted by Crippen LogP contribution is 2.34. The monoisotopic (exact) mass is 1030 g/mol. The minimum atomic E-state index is -1.39. The predicted octanol–water partition coefficient (Wildman–Crippen LogP) is 8.19. The number of rotatable bonds is 12. The highest BCUT2D eigenvalue weighted by Gasteiger charge is 2.46. The van der Waals surface area contributed by atoms with Gasteiger partial charge >= 0.3 is 18.2 Å². The second-order valence-electron chi connectivity index (χ2n) is 22.1. The highest BCUT2D eigenvalue weighted by molar-refractivity contribution is 5.88. The summed E-state index contributed by atoms with van der Waals surface area (Å²) in [5.41, 5.74) is 3.81. The fourth-order valence-corrected chi connectivity index (χ4v) is 9.10. The number of hydrogen-bond donors (Lipinski definition) is 8. The van der Waals surface area contributed by atoms with E-state index in [4.69, 9.17) is 19.9 Å². The van der Waals surface area contributed by atoms with Crippen molar-refractivity contribution in [3.05, 3.63) is 108 Å². The van der Waals surface area contributed by atoms with Gasteiger partial charge in [0.05, 0.1) is 18.1 Å². The third-order valence-electron chi connectivity index (χ3n) is 13.4. The molecule has 3 aromatic carbocycles. The van der Waals surface area contributed by atoms with E-state index >= 15 is 0 Å². The first-order valence-corrected chi connectivity index (χ1v) is 26.1. The van der Waals surface area contributed by atoms with Gasteiger partial charge in [-0.3, -0.25) is 19.2 Å². The second-order valence-corrected chi connectivity index (χ2v) is 22.1. The summed E-state index contributed by atoms with van der Waals surface area (Å²) in [6, 6.07) is 28.4. The SMILES string of the molecule is CC(=O)OC1(C(=O)NC(C)c2ccccc2)CCC(NC(=O)OC(C)(C)C)CC1.CC(NC(=O)C1(O)CCC(N)CC1)c1ccccc1.CC(NC(=O)C1(O)CCC(NC(=O)OC(C)(C)C)CC1)c1ccccc1. The predicted molar refractivity (Wildman–Crippen MR) is 283 cm³/mol. The molecule has 3 aliphatic rings. The number of carbonyl (C=O) groups is 6. The molecule has 3 fully saturated rings. The van der Waals surface area contributed by atoms with Crippen LogP contribution in [0.5, 0.6) is 0 Å². The fraction of sp³-hybridized carbons (Fsp3) is 0.579. The van der Waals surface area contributed by atoms with Gasteiger partial charge in [0.1, 0.15) is 22.4 Å². The van der Waals surface area contributed by atoms with Crippen molar-refractivity contribution in [2.75, 3.05) is 0 Å². The van der Waals surface area contributed by atoms with Gasteiger partial charge in [-0.2, -0.15) is 0 Å². The van der Waals surface area contributed by atoms with E-state index in [0.717, 1.165) is 16.7 Å². The van der Waals surface area contributed by atoms with Gasteiger partial charge in [0.15, 0.2) is 5.60 Å². The number of alkyl carbamates (subject to hydrolysis) is 2. The Morgan fingerprint density at radius 2 is 0.811 bits per heavy atom. The van der Waals surface area contributed by atoms with Gasteiger partial charge in [0.2, 0.25) is 0 Å². The lowest BCUT2D eigenvalue weighted by Gasteiger charge is -2.39. The van der Waals surface area contributed by atoms with E-state index in [1.165, 1.54) is 6.92 Å². The van der Waals surface area contributed by atoms with Gasteiger partial charge < -0.3 is 56.7 Å². The van der Waals surface area contributed by atoms with E-state index in [0.29, 0.717) is 77.0 Å². The molecule has 0 bridgehead atoms. The number of hydrogen-bond acceptors (Lipinski definition) is 12. The maximum Gasteiger partial charge on any atom is 0.407 e. The van der Waals surface area contributed by atoms with E-state index in [1.807, 2.05) is 133 Å². The van der Waals surface area contributed by atoms with Crippen LogP contribution in [0.2, 0.25) is 0 Å². The summed E-state index contributed by atoms with van der Waals surface area (Å²) < 4.78 is 16.1. The van der Waals surface area contributed by atoms with Crippen LogP contribution in [0.4, 0.5) is 9.59 Å². The standard InChI is InChI=1S/C22H32N2O5.C20H30N2O4.C15H22N2O2/c1-15(17-9-7-6-8-10-17)23-19(26)22(28-16(2)25)13-11-18(12-14-22)24-20(27)29-21(3,4)5;1-14(15-8-6-5-7-9-15)21-17(23)20(25)12-10-16(11-13-20)22-18(24)26-19(2,3)4;1-11(12-5-3-2-4-6-12)17-14(18)15(19)9-7-13(16)8-10-15/h6-10,15,18H,11-14H2,1-5H3,(H,23,26)(H,24,27);5-9,14,16,25H,10-13H2,1-4H3,(H,21,23)(H,22,24);2-6,11,13,19H,7-10,16H2,1H3,(H,17,18). The lowest BCUT2D eigenvalue weighted by molar-refractivity contribution is -0.171. The van der Waals surface area contributed by atoms with Crippen LogP contribution in [0.3, 0.4) is 0 Å². The molecule has 0 heterocycles. The van der Waals surface area contributed by atoms with Crippen LogP contribution >= 0.6 is 0 Å². The van der Waals surface area contributed by atoms with Crippen molar-refractivity contribution in [2.24, 2.45) is 5.73 Å². The van der Waals surface area contributed by atoms with E-state index in [-0.39, 0.29) is 54.0 Å². The average Bonchev–Trinajstić information content (AvgIpc) is 3.33. The molecule has 3 aliphatic carbocycles. The Morgan fingerprint density at radius 3 is 1.12 bits per heavy atom. The zero-order valence-corrected chi connectivity index (χ0v) is 45.3. The highest BCUT2D eigenvalue weighted by atomic mass is 16.6. The number of carbonyl (C=O) groups excluding carboxylic acids is 6. The van der Waals surface area contributed by atoms with Crippen LogP contribution in [0.15, 0.2) is 91.0 Å². The lowest BCUT2D eigenvalue weighted by Crippen LogP contribution is -2.54. The third-order valence-corrected chi connectivity index (χ3v) is 13.4. The number of nitrogens with two attached hydrogens (primary N) is 1. The van der Waals surface area contributed by atoms with Crippen molar-refractivity contribution < 1.29 is 53.2 Å². The number of ether oxygens (including phenoxy) is 3. The summed E-state index contributed by atoms with van der Waals surface area (Å²) in [4.78, 5) is 73.4. The molecule has 0 radical (unpaired) electrons. The average molecular weight is 1030 g/mol. The van der Waals surface area contributed by atoms with Gasteiger partial charge in [-0.05, 0) is 156 Å². The van der Waals surface area contributed by atoms with Gasteiger partial charge in [-0.15, -0.1) is 0 Å². The topological polar surface area (TPSA) is 257 Å². The Morgan fingerprint density at radius 1 is 0.514 bits per heavy atom. The van der Waals surface area contributed by atoms with Crippen LogP contribution in [-0.2, 0) is 33.4 Å². The van der Waals surface area contributed by atoms with Crippen LogP contribution in [0, 0.1) is 0 Å². The van der Waals surface area contributed by atoms with Crippen LogP contribution in [0.1, 0.15) is 181 Å². The molecule has 74 heavy (non-hydrogen) atoms. The summed E-state index contributed by atoms with van der Waals surface area (Å²) in [5.74, 6) is -1.44. The van der Waals surface area contributed by atoms with Crippen molar-refractivity contribution in [3.8, 4) is 0 Å². The smallest absolute Gasteiger partial charge is 0.407 e. The molecule has 17 nitrogen and oxygen atoms in total. The Bertz CT molecular complexity index is 2260. The normalized spacial score (nSPS) is 24.9. The summed E-state index contributed by atoms with van der Waals surface area (Å²) in [6.45, 7) is 17.9. The molecule has 6 rings (SSSR count). The van der Waals surface area contributed by atoms with Crippen molar-refractivity contribution >= 4 is 35.9 Å². The van der Waals surface area contributed by atoms with Crippen molar-refractivity contribution in [1.29, 1.82) is 0 Å². The molecule has 0 aromatic heterocycles. The summed E-state index contributed by atoms with van der Waals surface area (Å²) >= 11 is 0. The maximum absolute atomic E-state index is 13.1. The molecule has 0 saturated heterocycles. The van der Waals surface area contributed by atoms with Crippen LogP contribution < -0.4 is 32.3 Å². The van der Waals surface area contributed by atoms with E-state index in [1.54, 1.807) is 20.8 Å². The fourth-order valence-electron chi connectivity index (χ4n) is 9.10. The Hall–Kier alpha value is -6.04. The first-order chi connectivity index (χ1) is 34.6. The molecule has 3 atom stereocenters. The minimum absolute atomic E-state index is 0.0931. The molecule has 408 valence electrons. The molecule has 5 amide bonds. The van der Waals surface area contributed by atoms with Crippen LogP contribution in [-0.4, -0.2) is 92.2 Å². The molecule has 3 unspecified atom stereocenters. The zero-order chi connectivity index (χ0) is 54.9. The molecule has 3 saturated carbocycles.